The highest BCUT2D eigenvalue weighted by atomic mass is 35.5. The van der Waals surface area contributed by atoms with Gasteiger partial charge in [0, 0.05) is 18.1 Å². The van der Waals surface area contributed by atoms with E-state index < -0.39 is 34.3 Å². The van der Waals surface area contributed by atoms with Gasteiger partial charge in [-0.3, -0.25) is 13.9 Å². The number of hydrogen-bond acceptors (Lipinski definition) is 5. The van der Waals surface area contributed by atoms with E-state index >= 15 is 0 Å². The Morgan fingerprint density at radius 2 is 1.57 bits per heavy atom. The predicted octanol–water partition coefficient (Wildman–Crippen LogP) is 5.02. The van der Waals surface area contributed by atoms with Crippen LogP contribution in [-0.4, -0.2) is 50.9 Å². The molecule has 0 fully saturated rings. The zero-order valence-corrected chi connectivity index (χ0v) is 24.2. The Hall–Kier alpha value is -3.63. The molecule has 0 saturated carbocycles. The molecule has 11 heteroatoms. The summed E-state index contributed by atoms with van der Waals surface area (Å²) in [4.78, 5) is 28.1. The summed E-state index contributed by atoms with van der Waals surface area (Å²) < 4.78 is 47.8. The number of anilines is 1. The Labute approximate surface area is 239 Å². The summed E-state index contributed by atoms with van der Waals surface area (Å²) >= 11 is 6.02. The number of hydrogen-bond donors (Lipinski definition) is 1. The van der Waals surface area contributed by atoms with Gasteiger partial charge >= 0.3 is 0 Å². The number of carbonyl (C=O) groups excluding carboxylic acids is 2. The zero-order chi connectivity index (χ0) is 29.3. The quantitative estimate of drug-likeness (QED) is 0.302. The molecule has 0 saturated heterocycles. The minimum atomic E-state index is -4.28. The van der Waals surface area contributed by atoms with Gasteiger partial charge in [0.15, 0.2) is 0 Å². The summed E-state index contributed by atoms with van der Waals surface area (Å²) in [6.07, 6.45) is 0.299. The number of ether oxygens (including phenoxy) is 1. The molecular formula is C29H33ClFN3O5S. The minimum absolute atomic E-state index is 0.0476. The maximum Gasteiger partial charge on any atom is 0.264 e. The Morgan fingerprint density at radius 1 is 0.950 bits per heavy atom. The van der Waals surface area contributed by atoms with Crippen LogP contribution < -0.4 is 14.4 Å². The van der Waals surface area contributed by atoms with Gasteiger partial charge in [0.05, 0.1) is 17.2 Å². The first-order chi connectivity index (χ1) is 19.1. The fraction of sp³-hybridized carbons (Fsp3) is 0.310. The van der Waals surface area contributed by atoms with Crippen molar-refractivity contribution in [2.24, 2.45) is 0 Å². The SMILES string of the molecule is CCNC(=O)[C@H](CC)N(Cc1ccc(Cl)cc1)C(=O)CN(c1ccc(F)cc1)S(=O)(=O)c1ccc(OCC)cc1. The molecule has 0 aliphatic heterocycles. The number of rotatable bonds is 13. The number of sulfonamides is 1. The predicted molar refractivity (Wildman–Crippen MR) is 153 cm³/mol. The Kier molecular flexibility index (Phi) is 10.9. The molecule has 3 rings (SSSR count). The average molecular weight is 590 g/mol. The number of halogens is 2. The monoisotopic (exact) mass is 589 g/mol. The van der Waals surface area contributed by atoms with Gasteiger partial charge in [0.2, 0.25) is 11.8 Å². The average Bonchev–Trinajstić information content (AvgIpc) is 2.93. The second kappa shape index (κ2) is 14.1. The zero-order valence-electron chi connectivity index (χ0n) is 22.6. The molecular weight excluding hydrogens is 557 g/mol. The van der Waals surface area contributed by atoms with Gasteiger partial charge in [-0.25, -0.2) is 12.8 Å². The molecule has 0 bridgehead atoms. The molecule has 1 atom stereocenters. The molecule has 3 aromatic carbocycles. The lowest BCUT2D eigenvalue weighted by atomic mass is 10.1. The van der Waals surface area contributed by atoms with Crippen LogP contribution in [-0.2, 0) is 26.2 Å². The maximum absolute atomic E-state index is 13.9. The molecule has 0 unspecified atom stereocenters. The Bertz CT molecular complexity index is 1380. The third-order valence-electron chi connectivity index (χ3n) is 6.12. The highest BCUT2D eigenvalue weighted by molar-refractivity contribution is 7.92. The van der Waals surface area contributed by atoms with Crippen molar-refractivity contribution in [2.45, 2.75) is 44.7 Å². The number of likely N-dealkylation sites (N-methyl/N-ethyl adjacent to an activating group) is 1. The lowest BCUT2D eigenvalue weighted by Crippen LogP contribution is -2.52. The lowest BCUT2D eigenvalue weighted by molar-refractivity contribution is -0.140. The van der Waals surface area contributed by atoms with Crippen LogP contribution >= 0.6 is 11.6 Å². The van der Waals surface area contributed by atoms with E-state index in [0.29, 0.717) is 35.9 Å². The van der Waals surface area contributed by atoms with Crippen LogP contribution in [0.1, 0.15) is 32.8 Å². The van der Waals surface area contributed by atoms with Crippen molar-refractivity contribution in [1.82, 2.24) is 10.2 Å². The summed E-state index contributed by atoms with van der Waals surface area (Å²) in [5.74, 6) is -1.02. The van der Waals surface area contributed by atoms with E-state index in [4.69, 9.17) is 16.3 Å². The molecule has 0 heterocycles. The first kappa shape index (κ1) is 30.9. The van der Waals surface area contributed by atoms with Crippen LogP contribution in [0.2, 0.25) is 5.02 Å². The molecule has 8 nitrogen and oxygen atoms in total. The molecule has 3 aromatic rings. The Balaban J connectivity index is 2.04. The first-order valence-electron chi connectivity index (χ1n) is 12.9. The summed E-state index contributed by atoms with van der Waals surface area (Å²) in [7, 11) is -4.28. The van der Waals surface area contributed by atoms with E-state index in [2.05, 4.69) is 5.32 Å². The van der Waals surface area contributed by atoms with Crippen LogP contribution in [0.25, 0.3) is 0 Å². The van der Waals surface area contributed by atoms with Crippen molar-refractivity contribution in [3.8, 4) is 5.75 Å². The van der Waals surface area contributed by atoms with Gasteiger partial charge in [0.25, 0.3) is 10.0 Å². The standard InChI is InChI=1S/C29H33ClFN3O5S/c1-4-27(29(36)32-5-2)33(19-21-7-9-22(30)10-8-21)28(35)20-34(24-13-11-23(31)12-14-24)40(37,38)26-17-15-25(16-18-26)39-6-3/h7-18,27H,4-6,19-20H2,1-3H3,(H,32,36)/t27-/m0/s1. The first-order valence-corrected chi connectivity index (χ1v) is 14.7. The molecule has 214 valence electrons. The second-order valence-corrected chi connectivity index (χ2v) is 11.2. The second-order valence-electron chi connectivity index (χ2n) is 8.86. The third kappa shape index (κ3) is 7.73. The van der Waals surface area contributed by atoms with Gasteiger partial charge in [0.1, 0.15) is 24.2 Å². The van der Waals surface area contributed by atoms with Gasteiger partial charge in [-0.15, -0.1) is 0 Å². The Morgan fingerprint density at radius 3 is 2.12 bits per heavy atom. The summed E-state index contributed by atoms with van der Waals surface area (Å²) in [6.45, 7) is 5.57. The van der Waals surface area contributed by atoms with E-state index in [9.17, 15) is 22.4 Å². The molecule has 1 N–H and O–H groups in total. The van der Waals surface area contributed by atoms with Crippen molar-refractivity contribution in [3.05, 3.63) is 89.2 Å². The van der Waals surface area contributed by atoms with Crippen molar-refractivity contribution >= 4 is 39.1 Å². The van der Waals surface area contributed by atoms with Crippen molar-refractivity contribution in [1.29, 1.82) is 0 Å². The molecule has 2 amide bonds. The number of benzene rings is 3. The number of carbonyl (C=O) groups is 2. The van der Waals surface area contributed by atoms with Crippen molar-refractivity contribution < 1.29 is 27.1 Å². The topological polar surface area (TPSA) is 96.0 Å². The lowest BCUT2D eigenvalue weighted by Gasteiger charge is -2.33. The number of nitrogens with zero attached hydrogens (tertiary/aromatic N) is 2. The summed E-state index contributed by atoms with van der Waals surface area (Å²) in [6, 6.07) is 16.6. The van der Waals surface area contributed by atoms with Crippen molar-refractivity contribution in [3.63, 3.8) is 0 Å². The van der Waals surface area contributed by atoms with E-state index in [1.165, 1.54) is 41.3 Å². The fourth-order valence-corrected chi connectivity index (χ4v) is 5.68. The van der Waals surface area contributed by atoms with Crippen LogP contribution in [0.4, 0.5) is 10.1 Å². The molecule has 0 spiro atoms. The minimum Gasteiger partial charge on any atom is -0.494 e. The van der Waals surface area contributed by atoms with E-state index in [0.717, 1.165) is 16.4 Å². The molecule has 40 heavy (non-hydrogen) atoms. The molecule has 0 aliphatic rings. The highest BCUT2D eigenvalue weighted by Crippen LogP contribution is 2.26. The normalized spacial score (nSPS) is 11.9. The van der Waals surface area contributed by atoms with Gasteiger partial charge < -0.3 is 15.0 Å². The summed E-state index contributed by atoms with van der Waals surface area (Å²) in [5.41, 5.74) is 0.810. The van der Waals surface area contributed by atoms with E-state index in [-0.39, 0.29) is 23.0 Å². The number of nitrogens with one attached hydrogen (secondary N) is 1. The van der Waals surface area contributed by atoms with Crippen LogP contribution in [0.3, 0.4) is 0 Å². The fourth-order valence-electron chi connectivity index (χ4n) is 4.14. The van der Waals surface area contributed by atoms with E-state index in [1.54, 1.807) is 38.1 Å². The summed E-state index contributed by atoms with van der Waals surface area (Å²) in [5, 5.41) is 3.27. The van der Waals surface area contributed by atoms with Gasteiger partial charge in [-0.1, -0.05) is 30.7 Å². The van der Waals surface area contributed by atoms with Crippen molar-refractivity contribution in [2.75, 3.05) is 24.0 Å². The number of amides is 2. The van der Waals surface area contributed by atoms with Gasteiger partial charge in [-0.2, -0.15) is 0 Å². The maximum atomic E-state index is 13.9. The highest BCUT2D eigenvalue weighted by Gasteiger charge is 2.33. The van der Waals surface area contributed by atoms with E-state index in [1.807, 2.05) is 6.92 Å². The molecule has 0 radical (unpaired) electrons. The van der Waals surface area contributed by atoms with Crippen LogP contribution in [0.15, 0.2) is 77.7 Å². The largest absolute Gasteiger partial charge is 0.494 e. The van der Waals surface area contributed by atoms with Crippen LogP contribution in [0.5, 0.6) is 5.75 Å². The smallest absolute Gasteiger partial charge is 0.264 e. The van der Waals surface area contributed by atoms with Gasteiger partial charge in [-0.05, 0) is 86.5 Å². The molecule has 0 aliphatic carbocycles. The van der Waals surface area contributed by atoms with Crippen LogP contribution in [0, 0.1) is 5.82 Å². The molecule has 0 aromatic heterocycles. The third-order valence-corrected chi connectivity index (χ3v) is 8.16.